The molecule has 33 heavy (non-hydrogen) atoms. The molecule has 1 atom stereocenters. The zero-order chi connectivity index (χ0) is 23.6. The number of amides is 2. The maximum Gasteiger partial charge on any atom is 0.255 e. The molecule has 2 amide bonds. The summed E-state index contributed by atoms with van der Waals surface area (Å²) in [4.78, 5) is 26.9. The van der Waals surface area contributed by atoms with Crippen LogP contribution in [0.25, 0.3) is 0 Å². The van der Waals surface area contributed by atoms with E-state index >= 15 is 0 Å². The molecule has 0 spiro atoms. The average molecular weight is 494 g/mol. The number of methoxy groups -OCH3 is 1. The molecule has 2 aromatic rings. The van der Waals surface area contributed by atoms with Crippen LogP contribution in [0, 0.1) is 5.82 Å². The number of thioether (sulfide) groups is 1. The number of sulfonamides is 1. The molecule has 8 nitrogen and oxygen atoms in total. The van der Waals surface area contributed by atoms with Crippen molar-refractivity contribution in [2.75, 3.05) is 37.1 Å². The highest BCUT2D eigenvalue weighted by atomic mass is 32.2. The second-order valence-electron chi connectivity index (χ2n) is 7.76. The molecule has 0 saturated carbocycles. The Bertz CT molecular complexity index is 1150. The Morgan fingerprint density at radius 3 is 2.48 bits per heavy atom. The maximum absolute atomic E-state index is 14.5. The van der Waals surface area contributed by atoms with Gasteiger partial charge < -0.3 is 15.0 Å². The first-order chi connectivity index (χ1) is 15.8. The van der Waals surface area contributed by atoms with Crippen molar-refractivity contribution >= 4 is 39.3 Å². The molecule has 4 rings (SSSR count). The number of carbonyl (C=O) groups is 2. The van der Waals surface area contributed by atoms with Gasteiger partial charge in [0.05, 0.1) is 13.0 Å². The van der Waals surface area contributed by atoms with E-state index in [2.05, 4.69) is 5.32 Å². The van der Waals surface area contributed by atoms with Gasteiger partial charge in [-0.2, -0.15) is 4.31 Å². The molecule has 0 aliphatic carbocycles. The largest absolute Gasteiger partial charge is 0.497 e. The highest BCUT2D eigenvalue weighted by Crippen LogP contribution is 2.28. The number of carbonyl (C=O) groups excluding carboxylic acids is 2. The van der Waals surface area contributed by atoms with Crippen molar-refractivity contribution in [3.8, 4) is 5.75 Å². The van der Waals surface area contributed by atoms with Gasteiger partial charge in [-0.1, -0.05) is 0 Å². The van der Waals surface area contributed by atoms with Crippen LogP contribution in [0.3, 0.4) is 0 Å². The van der Waals surface area contributed by atoms with Gasteiger partial charge in [0.25, 0.3) is 5.91 Å². The molecule has 1 N–H and O–H groups in total. The summed E-state index contributed by atoms with van der Waals surface area (Å²) in [6.45, 7) is 0.659. The van der Waals surface area contributed by atoms with Gasteiger partial charge in [0.15, 0.2) is 0 Å². The van der Waals surface area contributed by atoms with Gasteiger partial charge in [0.2, 0.25) is 15.9 Å². The standard InChI is InChI=1S/C22H24FN3O5S2/c1-31-17-7-5-16(6-8-17)24-21(27)19-13-32-14-26(19)22(28)15-4-9-18(23)20(12-15)33(29,30)25-10-2-3-11-25/h4-9,12,19H,2-3,10-11,13-14H2,1H3,(H,24,27). The Balaban J connectivity index is 1.53. The topological polar surface area (TPSA) is 96.0 Å². The molecule has 11 heteroatoms. The Kier molecular flexibility index (Phi) is 6.91. The quantitative estimate of drug-likeness (QED) is 0.665. The van der Waals surface area contributed by atoms with Gasteiger partial charge in [0.1, 0.15) is 22.5 Å². The van der Waals surface area contributed by atoms with Crippen LogP contribution in [-0.2, 0) is 14.8 Å². The normalized spacial score (nSPS) is 19.0. The van der Waals surface area contributed by atoms with Crippen LogP contribution in [-0.4, -0.2) is 67.3 Å². The molecular weight excluding hydrogens is 469 g/mol. The number of halogens is 1. The summed E-state index contributed by atoms with van der Waals surface area (Å²) in [5, 5.41) is 2.79. The van der Waals surface area contributed by atoms with Crippen LogP contribution in [0.2, 0.25) is 0 Å². The number of nitrogens with one attached hydrogen (secondary N) is 1. The minimum Gasteiger partial charge on any atom is -0.497 e. The summed E-state index contributed by atoms with van der Waals surface area (Å²) in [5.41, 5.74) is 0.588. The van der Waals surface area contributed by atoms with E-state index in [9.17, 15) is 22.4 Å². The van der Waals surface area contributed by atoms with Gasteiger partial charge in [-0.05, 0) is 55.3 Å². The lowest BCUT2D eigenvalue weighted by molar-refractivity contribution is -0.119. The minimum atomic E-state index is -4.03. The summed E-state index contributed by atoms with van der Waals surface area (Å²) in [7, 11) is -2.49. The molecular formula is C22H24FN3O5S2. The Hall–Kier alpha value is -2.63. The van der Waals surface area contributed by atoms with Crippen molar-refractivity contribution in [1.29, 1.82) is 0 Å². The third kappa shape index (κ3) is 4.85. The van der Waals surface area contributed by atoms with Crippen molar-refractivity contribution in [2.45, 2.75) is 23.8 Å². The Morgan fingerprint density at radius 1 is 1.12 bits per heavy atom. The van der Waals surface area contributed by atoms with E-state index in [0.717, 1.165) is 25.0 Å². The predicted molar refractivity (Wildman–Crippen MR) is 123 cm³/mol. The fraction of sp³-hybridized carbons (Fsp3) is 0.364. The monoisotopic (exact) mass is 493 g/mol. The van der Waals surface area contributed by atoms with E-state index in [-0.39, 0.29) is 17.3 Å². The van der Waals surface area contributed by atoms with Crippen molar-refractivity contribution in [3.05, 3.63) is 53.8 Å². The SMILES string of the molecule is COc1ccc(NC(=O)C2CSCN2C(=O)c2ccc(F)c(S(=O)(=O)N3CCCC3)c2)cc1. The summed E-state index contributed by atoms with van der Waals surface area (Å²) in [6.07, 6.45) is 1.44. The van der Waals surface area contributed by atoms with Crippen LogP contribution in [0.4, 0.5) is 10.1 Å². The molecule has 2 saturated heterocycles. The van der Waals surface area contributed by atoms with Crippen LogP contribution in [0.1, 0.15) is 23.2 Å². The average Bonchev–Trinajstić information content (AvgIpc) is 3.52. The maximum atomic E-state index is 14.5. The summed E-state index contributed by atoms with van der Waals surface area (Å²) in [6, 6.07) is 9.39. The molecule has 2 aliphatic rings. The molecule has 0 radical (unpaired) electrons. The molecule has 2 aliphatic heterocycles. The van der Waals surface area contributed by atoms with Gasteiger partial charge in [-0.3, -0.25) is 9.59 Å². The van der Waals surface area contributed by atoms with E-state index in [1.165, 1.54) is 27.0 Å². The number of nitrogens with zero attached hydrogens (tertiary/aromatic N) is 2. The summed E-state index contributed by atoms with van der Waals surface area (Å²) >= 11 is 1.42. The lowest BCUT2D eigenvalue weighted by atomic mass is 10.1. The number of benzene rings is 2. The molecule has 0 aromatic heterocycles. The fourth-order valence-corrected chi connectivity index (χ4v) is 6.59. The zero-order valence-electron chi connectivity index (χ0n) is 18.0. The van der Waals surface area contributed by atoms with Crippen molar-refractivity contribution in [2.24, 2.45) is 0 Å². The third-order valence-corrected chi connectivity index (χ3v) is 8.59. The highest BCUT2D eigenvalue weighted by Gasteiger charge is 2.36. The zero-order valence-corrected chi connectivity index (χ0v) is 19.6. The second-order valence-corrected chi connectivity index (χ2v) is 10.7. The van der Waals surface area contributed by atoms with E-state index in [1.54, 1.807) is 31.4 Å². The minimum absolute atomic E-state index is 0.0268. The molecule has 1 unspecified atom stereocenters. The lowest BCUT2D eigenvalue weighted by Gasteiger charge is -2.24. The Morgan fingerprint density at radius 2 is 1.82 bits per heavy atom. The van der Waals surface area contributed by atoms with Crippen molar-refractivity contribution in [3.63, 3.8) is 0 Å². The first-order valence-electron chi connectivity index (χ1n) is 10.4. The van der Waals surface area contributed by atoms with Crippen molar-refractivity contribution < 1.29 is 27.1 Å². The predicted octanol–water partition coefficient (Wildman–Crippen LogP) is 2.77. The van der Waals surface area contributed by atoms with Crippen LogP contribution in [0.15, 0.2) is 47.4 Å². The van der Waals surface area contributed by atoms with Crippen LogP contribution >= 0.6 is 11.8 Å². The molecule has 176 valence electrons. The van der Waals surface area contributed by atoms with E-state index in [0.29, 0.717) is 30.3 Å². The van der Waals surface area contributed by atoms with Crippen molar-refractivity contribution in [1.82, 2.24) is 9.21 Å². The number of ether oxygens (including phenoxy) is 1. The van der Waals surface area contributed by atoms with Gasteiger partial charge in [0, 0.05) is 30.1 Å². The van der Waals surface area contributed by atoms with Crippen LogP contribution in [0.5, 0.6) is 5.75 Å². The smallest absolute Gasteiger partial charge is 0.255 e. The van der Waals surface area contributed by atoms with E-state index < -0.39 is 32.7 Å². The Labute approximate surface area is 196 Å². The number of hydrogen-bond acceptors (Lipinski definition) is 6. The van der Waals surface area contributed by atoms with Crippen LogP contribution < -0.4 is 10.1 Å². The first kappa shape index (κ1) is 23.5. The van der Waals surface area contributed by atoms with Gasteiger partial charge >= 0.3 is 0 Å². The first-order valence-corrected chi connectivity index (χ1v) is 13.0. The third-order valence-electron chi connectivity index (χ3n) is 5.66. The summed E-state index contributed by atoms with van der Waals surface area (Å²) in [5.74, 6) is -0.461. The summed E-state index contributed by atoms with van der Waals surface area (Å²) < 4.78 is 46.5. The molecule has 2 aromatic carbocycles. The lowest BCUT2D eigenvalue weighted by Crippen LogP contribution is -2.44. The van der Waals surface area contributed by atoms with Gasteiger partial charge in [-0.25, -0.2) is 12.8 Å². The number of rotatable bonds is 6. The number of anilines is 1. The van der Waals surface area contributed by atoms with E-state index in [4.69, 9.17) is 4.74 Å². The fourth-order valence-electron chi connectivity index (χ4n) is 3.83. The second kappa shape index (κ2) is 9.70. The molecule has 2 fully saturated rings. The number of hydrogen-bond donors (Lipinski definition) is 1. The highest BCUT2D eigenvalue weighted by molar-refractivity contribution is 7.99. The van der Waals surface area contributed by atoms with E-state index in [1.807, 2.05) is 0 Å². The molecule has 2 heterocycles. The van der Waals surface area contributed by atoms with Gasteiger partial charge in [-0.15, -0.1) is 11.8 Å². The molecule has 0 bridgehead atoms.